The zero-order valence-electron chi connectivity index (χ0n) is 23.7. The van der Waals surface area contributed by atoms with Crippen molar-refractivity contribution < 1.29 is 45.7 Å². The van der Waals surface area contributed by atoms with Crippen molar-refractivity contribution in [3.05, 3.63) is 93.6 Å². The van der Waals surface area contributed by atoms with Gasteiger partial charge in [-0.25, -0.2) is 0 Å². The van der Waals surface area contributed by atoms with Gasteiger partial charge in [-0.3, -0.25) is 9.78 Å². The second kappa shape index (κ2) is 13.1. The Morgan fingerprint density at radius 2 is 1.78 bits per heavy atom. The van der Waals surface area contributed by atoms with Crippen molar-refractivity contribution in [3.8, 4) is 11.5 Å². The molecule has 0 saturated carbocycles. The van der Waals surface area contributed by atoms with E-state index in [0.29, 0.717) is 53.3 Å². The number of pyridine rings is 1. The predicted octanol–water partition coefficient (Wildman–Crippen LogP) is 7.12. The number of carbonyl (C=O) groups is 1. The number of halogens is 6. The number of carbonyl (C=O) groups excluding carboxylic acids is 1. The van der Waals surface area contributed by atoms with Gasteiger partial charge in [0.05, 0.1) is 34.9 Å². The first-order valence-corrected chi connectivity index (χ1v) is 14.6. The van der Waals surface area contributed by atoms with Crippen molar-refractivity contribution in [2.24, 2.45) is 10.9 Å². The Morgan fingerprint density at radius 3 is 2.42 bits per heavy atom. The summed E-state index contributed by atoms with van der Waals surface area (Å²) in [6.07, 6.45) is -6.00. The molecule has 5 rings (SSSR count). The van der Waals surface area contributed by atoms with E-state index in [4.69, 9.17) is 9.47 Å². The van der Waals surface area contributed by atoms with Crippen LogP contribution in [0.2, 0.25) is 0 Å². The van der Waals surface area contributed by atoms with Crippen LogP contribution in [0.1, 0.15) is 46.9 Å². The summed E-state index contributed by atoms with van der Waals surface area (Å²) >= 11 is 1.21. The third kappa shape index (κ3) is 7.61. The minimum absolute atomic E-state index is 0.0290. The number of likely N-dealkylation sites (tertiary alicyclic amines) is 1. The zero-order valence-corrected chi connectivity index (χ0v) is 24.5. The van der Waals surface area contributed by atoms with Crippen LogP contribution in [0.4, 0.5) is 26.3 Å². The Kier molecular flexibility index (Phi) is 9.44. The largest absolute Gasteiger partial charge is 0.493 e. The van der Waals surface area contributed by atoms with Gasteiger partial charge >= 0.3 is 12.4 Å². The van der Waals surface area contributed by atoms with E-state index >= 15 is 0 Å². The maximum Gasteiger partial charge on any atom is 0.416 e. The van der Waals surface area contributed by atoms with Crippen molar-refractivity contribution in [1.29, 1.82) is 0 Å². The van der Waals surface area contributed by atoms with E-state index in [1.165, 1.54) is 31.0 Å². The van der Waals surface area contributed by atoms with E-state index in [0.717, 1.165) is 6.07 Å². The summed E-state index contributed by atoms with van der Waals surface area (Å²) in [7, 11) is 1.32. The molecule has 14 heteroatoms. The van der Waals surface area contributed by atoms with Crippen LogP contribution in [0.3, 0.4) is 0 Å². The molecule has 2 aromatic carbocycles. The number of hydrogen-bond acceptors (Lipinski definition) is 7. The van der Waals surface area contributed by atoms with Crippen LogP contribution in [0.25, 0.3) is 6.08 Å². The fourth-order valence-corrected chi connectivity index (χ4v) is 6.04. The van der Waals surface area contributed by atoms with E-state index in [1.807, 2.05) is 11.0 Å². The molecule has 1 saturated heterocycles. The number of aliphatic hydroxyl groups is 1. The highest BCUT2D eigenvalue weighted by atomic mass is 32.2. The topological polar surface area (TPSA) is 84.3 Å². The maximum atomic E-state index is 13.5. The number of methoxy groups -OCH3 is 1. The molecule has 3 heterocycles. The van der Waals surface area contributed by atoms with Gasteiger partial charge in [-0.15, -0.1) is 0 Å². The summed E-state index contributed by atoms with van der Waals surface area (Å²) in [6, 6.07) is 11.3. The lowest BCUT2D eigenvalue weighted by Crippen LogP contribution is -2.38. The fourth-order valence-electron chi connectivity index (χ4n) is 5.07. The van der Waals surface area contributed by atoms with Crippen molar-refractivity contribution >= 4 is 28.9 Å². The van der Waals surface area contributed by atoms with Crippen molar-refractivity contribution in [1.82, 2.24) is 9.88 Å². The molecule has 1 amide bonds. The van der Waals surface area contributed by atoms with E-state index in [9.17, 15) is 36.2 Å². The number of amidine groups is 1. The molecule has 45 heavy (non-hydrogen) atoms. The van der Waals surface area contributed by atoms with Gasteiger partial charge in [0.1, 0.15) is 6.61 Å². The third-order valence-electron chi connectivity index (χ3n) is 7.47. The molecule has 1 aromatic heterocycles. The fraction of sp³-hybridized carbons (Fsp3) is 0.323. The molecule has 1 atom stereocenters. The molecular formula is C31H27F6N3O4S. The number of ether oxygens (including phenoxy) is 2. The van der Waals surface area contributed by atoms with Gasteiger partial charge in [-0.05, 0) is 78.6 Å². The average Bonchev–Trinajstić information content (AvgIpc) is 3.39. The number of rotatable bonds is 7. The molecule has 0 spiro atoms. The number of aliphatic imine (C=N–C) groups is 1. The molecular weight excluding hydrogens is 624 g/mol. The van der Waals surface area contributed by atoms with Crippen molar-refractivity contribution in [3.63, 3.8) is 0 Å². The molecule has 7 nitrogen and oxygen atoms in total. The first kappa shape index (κ1) is 32.4. The van der Waals surface area contributed by atoms with E-state index in [-0.39, 0.29) is 23.5 Å². The minimum Gasteiger partial charge on any atom is -0.493 e. The molecule has 3 aromatic rings. The first-order valence-electron chi connectivity index (χ1n) is 13.8. The third-order valence-corrected chi connectivity index (χ3v) is 8.51. The predicted molar refractivity (Wildman–Crippen MR) is 155 cm³/mol. The van der Waals surface area contributed by atoms with Gasteiger partial charge in [0, 0.05) is 24.8 Å². The van der Waals surface area contributed by atoms with Crippen LogP contribution in [0, 0.1) is 5.92 Å². The Morgan fingerprint density at radius 1 is 1.02 bits per heavy atom. The molecule has 238 valence electrons. The number of aliphatic hydroxyl groups excluding tert-OH is 1. The minimum atomic E-state index is -5.02. The van der Waals surface area contributed by atoms with Crippen LogP contribution >= 0.6 is 11.8 Å². The quantitative estimate of drug-likeness (QED) is 0.215. The molecule has 0 bridgehead atoms. The second-order valence-corrected chi connectivity index (χ2v) is 11.4. The summed E-state index contributed by atoms with van der Waals surface area (Å²) in [5, 5.41) is 11.3. The Hall–Kier alpha value is -4.04. The van der Waals surface area contributed by atoms with Crippen LogP contribution < -0.4 is 9.47 Å². The average molecular weight is 652 g/mol. The van der Waals surface area contributed by atoms with Gasteiger partial charge in [0.15, 0.2) is 16.7 Å². The van der Waals surface area contributed by atoms with Gasteiger partial charge in [-0.1, -0.05) is 18.2 Å². The highest BCUT2D eigenvalue weighted by Gasteiger charge is 2.38. The van der Waals surface area contributed by atoms with Crippen LogP contribution in [0.15, 0.2) is 70.7 Å². The number of nitrogens with zero attached hydrogens (tertiary/aromatic N) is 3. The monoisotopic (exact) mass is 651 g/mol. The van der Waals surface area contributed by atoms with Crippen LogP contribution in [-0.4, -0.2) is 46.3 Å². The molecule has 0 radical (unpaired) electrons. The number of alkyl halides is 6. The zero-order chi connectivity index (χ0) is 32.4. The summed E-state index contributed by atoms with van der Waals surface area (Å²) in [4.78, 5) is 23.5. The van der Waals surface area contributed by atoms with Crippen LogP contribution in [-0.2, 0) is 23.8 Å². The number of piperidine rings is 1. The molecule has 1 unspecified atom stereocenters. The molecule has 1 N–H and O–H groups in total. The molecule has 2 aliphatic rings. The summed E-state index contributed by atoms with van der Waals surface area (Å²) in [5.74, 6) is -0.186. The Labute approximate surface area is 258 Å². The molecule has 1 fully saturated rings. The summed E-state index contributed by atoms with van der Waals surface area (Å²) in [6.45, 7) is 0.552. The Bertz CT molecular complexity index is 1600. The number of benzene rings is 2. The number of aromatic nitrogens is 1. The number of thioether (sulfide) groups is 1. The number of amides is 1. The van der Waals surface area contributed by atoms with Crippen LogP contribution in [0.5, 0.6) is 11.5 Å². The molecule has 2 aliphatic heterocycles. The van der Waals surface area contributed by atoms with Gasteiger partial charge in [0.2, 0.25) is 0 Å². The van der Waals surface area contributed by atoms with Crippen molar-refractivity contribution in [2.75, 3.05) is 20.2 Å². The first-order chi connectivity index (χ1) is 21.3. The molecule has 0 aliphatic carbocycles. The van der Waals surface area contributed by atoms with E-state index in [2.05, 4.69) is 9.98 Å². The summed E-state index contributed by atoms with van der Waals surface area (Å²) in [5.41, 5.74) is -2.17. The normalized spacial score (nSPS) is 17.9. The summed E-state index contributed by atoms with van der Waals surface area (Å²) < 4.78 is 90.4. The van der Waals surface area contributed by atoms with E-state index < -0.39 is 47.7 Å². The maximum absolute atomic E-state index is 13.5. The van der Waals surface area contributed by atoms with Gasteiger partial charge in [0.25, 0.3) is 5.91 Å². The highest BCUT2D eigenvalue weighted by Crippen LogP contribution is 2.39. The van der Waals surface area contributed by atoms with Crippen molar-refractivity contribution in [2.45, 2.75) is 37.9 Å². The lowest BCUT2D eigenvalue weighted by molar-refractivity contribution is -0.143. The van der Waals surface area contributed by atoms with Gasteiger partial charge in [-0.2, -0.15) is 31.3 Å². The Balaban J connectivity index is 1.23. The highest BCUT2D eigenvalue weighted by molar-refractivity contribution is 8.18. The lowest BCUT2D eigenvalue weighted by atomic mass is 9.89. The van der Waals surface area contributed by atoms with Gasteiger partial charge < -0.3 is 19.5 Å². The standard InChI is InChI=1S/C31H27F6N3O4S/c1-43-25-14-18(5-8-24(25)44-17-20-6-7-21(30(32,33)34)16-22(20)31(35,36)37)15-26-28(42)39-29(45-26)40-12-9-19(10-13-40)27(41)23-4-2-3-11-38-23/h2-8,11,14-16,19,27,41H,9-10,12-13,17H2,1H3/b26-15+. The lowest BCUT2D eigenvalue weighted by Gasteiger charge is -2.34. The van der Waals surface area contributed by atoms with E-state index in [1.54, 1.807) is 30.5 Å². The SMILES string of the molecule is COc1cc(/C=C2/SC(N3CCC(C(O)c4ccccn4)CC3)=NC2=O)ccc1OCc1ccc(C(F)(F)F)cc1C(F)(F)F. The smallest absolute Gasteiger partial charge is 0.416 e. The number of hydrogen-bond donors (Lipinski definition) is 1. The second-order valence-electron chi connectivity index (χ2n) is 10.4.